The Morgan fingerprint density at radius 3 is 3.09 bits per heavy atom. The highest BCUT2D eigenvalue weighted by Gasteiger charge is 2.20. The van der Waals surface area contributed by atoms with Gasteiger partial charge in [0.25, 0.3) is 5.56 Å². The fourth-order valence-corrected chi connectivity index (χ4v) is 4.48. The molecule has 2 N–H and O–H groups in total. The van der Waals surface area contributed by atoms with Gasteiger partial charge in [0.1, 0.15) is 10.7 Å². The van der Waals surface area contributed by atoms with Crippen molar-refractivity contribution < 1.29 is 0 Å². The Kier molecular flexibility index (Phi) is 3.62. The van der Waals surface area contributed by atoms with Crippen LogP contribution in [0.1, 0.15) is 28.2 Å². The number of aryl methyl sites for hydroxylation is 3. The SMILES string of the molecule is Cc1ccc(NCc2nc3sc4c(c3c(=O)[nH]2)CCC4)cc1Cl. The first-order valence-electron chi connectivity index (χ1n) is 7.65. The summed E-state index contributed by atoms with van der Waals surface area (Å²) in [5.41, 5.74) is 3.15. The summed E-state index contributed by atoms with van der Waals surface area (Å²) in [4.78, 5) is 22.1. The van der Waals surface area contributed by atoms with Gasteiger partial charge in [-0.2, -0.15) is 0 Å². The minimum absolute atomic E-state index is 0.0202. The third-order valence-electron chi connectivity index (χ3n) is 4.26. The molecule has 0 radical (unpaired) electrons. The van der Waals surface area contributed by atoms with Gasteiger partial charge >= 0.3 is 0 Å². The topological polar surface area (TPSA) is 57.8 Å². The second-order valence-corrected chi connectivity index (χ2v) is 7.36. The van der Waals surface area contributed by atoms with Crippen LogP contribution in [0.4, 0.5) is 5.69 Å². The van der Waals surface area contributed by atoms with Crippen LogP contribution in [-0.4, -0.2) is 9.97 Å². The number of hydrogen-bond donors (Lipinski definition) is 2. The van der Waals surface area contributed by atoms with Crippen molar-refractivity contribution in [2.75, 3.05) is 5.32 Å². The van der Waals surface area contributed by atoms with Crippen LogP contribution in [0, 0.1) is 6.92 Å². The smallest absolute Gasteiger partial charge is 0.259 e. The Morgan fingerprint density at radius 2 is 2.26 bits per heavy atom. The zero-order valence-corrected chi connectivity index (χ0v) is 14.3. The van der Waals surface area contributed by atoms with E-state index < -0.39 is 0 Å². The summed E-state index contributed by atoms with van der Waals surface area (Å²) in [5.74, 6) is 0.652. The summed E-state index contributed by atoms with van der Waals surface area (Å²) in [6.45, 7) is 2.43. The van der Waals surface area contributed by atoms with Crippen molar-refractivity contribution in [3.05, 3.63) is 55.4 Å². The molecule has 0 saturated carbocycles. The molecule has 0 fully saturated rings. The quantitative estimate of drug-likeness (QED) is 0.753. The summed E-state index contributed by atoms with van der Waals surface area (Å²) in [7, 11) is 0. The molecule has 1 aliphatic rings. The highest BCUT2D eigenvalue weighted by atomic mass is 35.5. The monoisotopic (exact) mass is 345 g/mol. The highest BCUT2D eigenvalue weighted by Crippen LogP contribution is 2.34. The predicted molar refractivity (Wildman–Crippen MR) is 95.8 cm³/mol. The van der Waals surface area contributed by atoms with E-state index in [9.17, 15) is 4.79 Å². The molecule has 2 aromatic heterocycles. The standard InChI is InChI=1S/C17H16ClN3OS/c1-9-5-6-10(7-12(9)18)19-8-14-20-16(22)15-11-3-2-4-13(11)23-17(15)21-14/h5-7,19H,2-4,8H2,1H3,(H,20,21,22). The van der Waals surface area contributed by atoms with Crippen molar-refractivity contribution in [2.45, 2.75) is 32.7 Å². The summed E-state index contributed by atoms with van der Waals surface area (Å²) in [6, 6.07) is 5.82. The number of fused-ring (bicyclic) bond motifs is 3. The minimum atomic E-state index is -0.0202. The maximum Gasteiger partial charge on any atom is 0.259 e. The molecule has 118 valence electrons. The van der Waals surface area contributed by atoms with E-state index in [0.717, 1.165) is 45.8 Å². The number of hydrogen-bond acceptors (Lipinski definition) is 4. The summed E-state index contributed by atoms with van der Waals surface area (Å²) >= 11 is 7.79. The maximum absolute atomic E-state index is 12.4. The van der Waals surface area contributed by atoms with Gasteiger partial charge < -0.3 is 10.3 Å². The molecule has 1 aromatic carbocycles. The average Bonchev–Trinajstić information content (AvgIpc) is 3.08. The summed E-state index contributed by atoms with van der Waals surface area (Å²) in [5, 5.41) is 4.78. The lowest BCUT2D eigenvalue weighted by molar-refractivity contribution is 0.913. The van der Waals surface area contributed by atoms with Crippen LogP contribution >= 0.6 is 22.9 Å². The predicted octanol–water partition coefficient (Wildman–Crippen LogP) is 4.05. The maximum atomic E-state index is 12.4. The zero-order valence-electron chi connectivity index (χ0n) is 12.7. The van der Waals surface area contributed by atoms with Crippen LogP contribution in [0.15, 0.2) is 23.0 Å². The van der Waals surface area contributed by atoms with E-state index in [0.29, 0.717) is 12.4 Å². The molecular weight excluding hydrogens is 330 g/mol. The van der Waals surface area contributed by atoms with Crippen molar-refractivity contribution in [3.8, 4) is 0 Å². The van der Waals surface area contributed by atoms with Crippen LogP contribution in [0.3, 0.4) is 0 Å². The Bertz CT molecular complexity index is 960. The van der Waals surface area contributed by atoms with Gasteiger partial charge in [0.15, 0.2) is 0 Å². The molecule has 0 amide bonds. The van der Waals surface area contributed by atoms with Crippen molar-refractivity contribution in [2.24, 2.45) is 0 Å². The molecule has 2 heterocycles. The normalized spacial score (nSPS) is 13.5. The molecule has 6 heteroatoms. The number of H-pyrrole nitrogens is 1. The molecule has 0 unspecified atom stereocenters. The number of thiophene rings is 1. The number of nitrogens with one attached hydrogen (secondary N) is 2. The summed E-state index contributed by atoms with van der Waals surface area (Å²) in [6.07, 6.45) is 3.22. The van der Waals surface area contributed by atoms with E-state index in [-0.39, 0.29) is 5.56 Å². The number of halogens is 1. The molecule has 1 aliphatic carbocycles. The average molecular weight is 346 g/mol. The van der Waals surface area contributed by atoms with Crippen LogP contribution in [0.2, 0.25) is 5.02 Å². The van der Waals surface area contributed by atoms with Gasteiger partial charge in [0.05, 0.1) is 11.9 Å². The molecular formula is C17H16ClN3OS. The summed E-state index contributed by atoms with van der Waals surface area (Å²) < 4.78 is 0. The molecule has 23 heavy (non-hydrogen) atoms. The fraction of sp³-hybridized carbons (Fsp3) is 0.294. The van der Waals surface area contributed by atoms with E-state index in [4.69, 9.17) is 11.6 Å². The second-order valence-electron chi connectivity index (χ2n) is 5.87. The van der Waals surface area contributed by atoms with Gasteiger partial charge in [-0.15, -0.1) is 11.3 Å². The first-order valence-corrected chi connectivity index (χ1v) is 8.85. The molecule has 3 aromatic rings. The van der Waals surface area contributed by atoms with Crippen LogP contribution in [0.25, 0.3) is 10.2 Å². The minimum Gasteiger partial charge on any atom is -0.378 e. The lowest BCUT2D eigenvalue weighted by atomic mass is 10.2. The van der Waals surface area contributed by atoms with Gasteiger partial charge in [0, 0.05) is 15.6 Å². The number of rotatable bonds is 3. The molecule has 0 spiro atoms. The van der Waals surface area contributed by atoms with Crippen LogP contribution in [0.5, 0.6) is 0 Å². The Morgan fingerprint density at radius 1 is 1.39 bits per heavy atom. The van der Waals surface area contributed by atoms with Crippen molar-refractivity contribution in [1.82, 2.24) is 9.97 Å². The molecule has 0 aliphatic heterocycles. The van der Waals surface area contributed by atoms with E-state index in [1.807, 2.05) is 25.1 Å². The number of aromatic nitrogens is 2. The third-order valence-corrected chi connectivity index (χ3v) is 5.85. The van der Waals surface area contributed by atoms with Gasteiger partial charge in [-0.25, -0.2) is 4.98 Å². The van der Waals surface area contributed by atoms with E-state index in [2.05, 4.69) is 15.3 Å². The zero-order chi connectivity index (χ0) is 16.0. The number of nitrogens with zero attached hydrogens (tertiary/aromatic N) is 1. The largest absolute Gasteiger partial charge is 0.378 e. The number of benzene rings is 1. The lowest BCUT2D eigenvalue weighted by Gasteiger charge is -2.07. The van der Waals surface area contributed by atoms with Crippen LogP contribution < -0.4 is 10.9 Å². The molecule has 0 atom stereocenters. The fourth-order valence-electron chi connectivity index (χ4n) is 3.02. The highest BCUT2D eigenvalue weighted by molar-refractivity contribution is 7.18. The third kappa shape index (κ3) is 2.64. The van der Waals surface area contributed by atoms with Crippen molar-refractivity contribution in [3.63, 3.8) is 0 Å². The van der Waals surface area contributed by atoms with E-state index in [1.54, 1.807) is 11.3 Å². The number of anilines is 1. The van der Waals surface area contributed by atoms with Gasteiger partial charge in [-0.3, -0.25) is 4.79 Å². The Balaban J connectivity index is 1.62. The lowest BCUT2D eigenvalue weighted by Crippen LogP contribution is -2.14. The first kappa shape index (κ1) is 14.7. The van der Waals surface area contributed by atoms with Gasteiger partial charge in [-0.1, -0.05) is 17.7 Å². The number of aromatic amines is 1. The van der Waals surface area contributed by atoms with E-state index in [1.165, 1.54) is 10.4 Å². The second kappa shape index (κ2) is 5.65. The van der Waals surface area contributed by atoms with Gasteiger partial charge in [-0.05, 0) is 49.4 Å². The first-order chi connectivity index (χ1) is 11.1. The molecule has 4 nitrogen and oxygen atoms in total. The van der Waals surface area contributed by atoms with Crippen molar-refractivity contribution in [1.29, 1.82) is 0 Å². The Hall–Kier alpha value is -1.85. The molecule has 0 saturated heterocycles. The van der Waals surface area contributed by atoms with Gasteiger partial charge in [0.2, 0.25) is 0 Å². The van der Waals surface area contributed by atoms with E-state index >= 15 is 0 Å². The molecule has 4 rings (SSSR count). The molecule has 0 bridgehead atoms. The van der Waals surface area contributed by atoms with Crippen LogP contribution in [-0.2, 0) is 19.4 Å². The van der Waals surface area contributed by atoms with Crippen molar-refractivity contribution >= 4 is 38.8 Å². The Labute approximate surface area is 142 Å².